The van der Waals surface area contributed by atoms with Crippen molar-refractivity contribution in [3.63, 3.8) is 0 Å². The van der Waals surface area contributed by atoms with Gasteiger partial charge in [0, 0.05) is 30.3 Å². The van der Waals surface area contributed by atoms with Crippen LogP contribution in [0.3, 0.4) is 0 Å². The number of halogens is 1. The first kappa shape index (κ1) is 19.7. The fourth-order valence-electron chi connectivity index (χ4n) is 3.89. The number of anilines is 2. The summed E-state index contributed by atoms with van der Waals surface area (Å²) in [4.78, 5) is 17.1. The van der Waals surface area contributed by atoms with Crippen LogP contribution in [0.5, 0.6) is 0 Å². The Morgan fingerprint density at radius 1 is 1.09 bits per heavy atom. The number of nitrogens with zero attached hydrogens (tertiary/aromatic N) is 4. The summed E-state index contributed by atoms with van der Waals surface area (Å²) in [6.07, 6.45) is 3.71. The number of nitrogen functional groups attached to an aromatic ring is 1. The Hall–Kier alpha value is -4.20. The predicted octanol–water partition coefficient (Wildman–Crippen LogP) is 4.35. The highest BCUT2D eigenvalue weighted by Crippen LogP contribution is 2.31. The van der Waals surface area contributed by atoms with Gasteiger partial charge in [0.15, 0.2) is 5.65 Å². The van der Waals surface area contributed by atoms with Crippen molar-refractivity contribution in [2.24, 2.45) is 7.05 Å². The van der Waals surface area contributed by atoms with Gasteiger partial charge in [-0.25, -0.2) is 8.91 Å². The number of pyridine rings is 1. The second-order valence-corrected chi connectivity index (χ2v) is 7.84. The topological polar surface area (TPSA) is 90.2 Å². The van der Waals surface area contributed by atoms with E-state index in [-0.39, 0.29) is 17.7 Å². The Bertz CT molecular complexity index is 1470. The average molecular weight is 428 g/mol. The minimum absolute atomic E-state index is 0.158. The first-order valence-corrected chi connectivity index (χ1v) is 10.2. The fourth-order valence-corrected chi connectivity index (χ4v) is 3.89. The zero-order valence-corrected chi connectivity index (χ0v) is 17.6. The van der Waals surface area contributed by atoms with Gasteiger partial charge in [-0.3, -0.25) is 4.79 Å². The molecule has 3 heterocycles. The van der Waals surface area contributed by atoms with Gasteiger partial charge < -0.3 is 15.6 Å². The van der Waals surface area contributed by atoms with E-state index < -0.39 is 5.92 Å². The summed E-state index contributed by atoms with van der Waals surface area (Å²) in [5, 5.41) is 8.06. The fraction of sp³-hybridized carbons (Fsp3) is 0.125. The molecule has 0 aliphatic rings. The summed E-state index contributed by atoms with van der Waals surface area (Å²) >= 11 is 0. The highest BCUT2D eigenvalue weighted by molar-refractivity contribution is 6.05. The van der Waals surface area contributed by atoms with Gasteiger partial charge in [0.25, 0.3) is 0 Å². The van der Waals surface area contributed by atoms with Gasteiger partial charge in [0.2, 0.25) is 11.9 Å². The van der Waals surface area contributed by atoms with Crippen LogP contribution in [0.2, 0.25) is 0 Å². The molecule has 0 aliphatic carbocycles. The number of aryl methyl sites for hydroxylation is 1. The van der Waals surface area contributed by atoms with Gasteiger partial charge in [-0.15, -0.1) is 5.10 Å². The largest absolute Gasteiger partial charge is 0.366 e. The van der Waals surface area contributed by atoms with Crippen molar-refractivity contribution in [3.05, 3.63) is 78.4 Å². The molecule has 7 nitrogen and oxygen atoms in total. The lowest BCUT2D eigenvalue weighted by atomic mass is 10.00. The van der Waals surface area contributed by atoms with E-state index in [0.29, 0.717) is 5.65 Å². The summed E-state index contributed by atoms with van der Waals surface area (Å²) in [6, 6.07) is 15.9. The number of carbonyl (C=O) groups is 1. The first-order chi connectivity index (χ1) is 15.4. The molecule has 0 radical (unpaired) electrons. The molecule has 0 saturated carbocycles. The van der Waals surface area contributed by atoms with Crippen molar-refractivity contribution in [1.29, 1.82) is 0 Å². The molecule has 32 heavy (non-hydrogen) atoms. The molecule has 5 aromatic rings. The van der Waals surface area contributed by atoms with Crippen molar-refractivity contribution in [2.45, 2.75) is 12.8 Å². The number of nitrogens with one attached hydrogen (secondary N) is 1. The highest BCUT2D eigenvalue weighted by atomic mass is 19.1. The number of rotatable bonds is 4. The smallest absolute Gasteiger partial charge is 0.240 e. The minimum atomic E-state index is -0.421. The molecular weight excluding hydrogens is 407 g/mol. The van der Waals surface area contributed by atoms with Crippen LogP contribution in [0.4, 0.5) is 16.0 Å². The number of benzene rings is 2. The maximum Gasteiger partial charge on any atom is 0.240 e. The second-order valence-electron chi connectivity index (χ2n) is 7.84. The van der Waals surface area contributed by atoms with Crippen LogP contribution in [0.25, 0.3) is 27.7 Å². The number of aromatic nitrogens is 4. The van der Waals surface area contributed by atoms with Crippen molar-refractivity contribution < 1.29 is 9.18 Å². The minimum Gasteiger partial charge on any atom is -0.366 e. The van der Waals surface area contributed by atoms with E-state index in [4.69, 9.17) is 5.73 Å². The molecular formula is C24H21FN6O. The third kappa shape index (κ3) is 3.45. The molecule has 2 aromatic carbocycles. The number of carbonyl (C=O) groups excluding carboxylic acids is 1. The molecule has 0 saturated heterocycles. The Balaban J connectivity index is 1.49. The van der Waals surface area contributed by atoms with Crippen molar-refractivity contribution >= 4 is 34.1 Å². The van der Waals surface area contributed by atoms with Crippen LogP contribution in [0.15, 0.2) is 67.0 Å². The molecule has 0 aliphatic heterocycles. The lowest BCUT2D eigenvalue weighted by molar-refractivity contribution is -0.117. The van der Waals surface area contributed by atoms with Crippen LogP contribution in [-0.2, 0) is 11.8 Å². The number of amides is 1. The Labute approximate surface area is 183 Å². The number of nitrogens with two attached hydrogens (primary N) is 1. The van der Waals surface area contributed by atoms with Gasteiger partial charge in [0.1, 0.15) is 5.82 Å². The summed E-state index contributed by atoms with van der Waals surface area (Å²) in [7, 11) is 1.94. The predicted molar refractivity (Wildman–Crippen MR) is 123 cm³/mol. The number of hydrogen-bond donors (Lipinski definition) is 2. The molecule has 1 amide bonds. The van der Waals surface area contributed by atoms with Gasteiger partial charge >= 0.3 is 0 Å². The quantitative estimate of drug-likeness (QED) is 0.445. The van der Waals surface area contributed by atoms with Crippen LogP contribution in [-0.4, -0.2) is 25.1 Å². The maximum absolute atomic E-state index is 13.2. The lowest BCUT2D eigenvalue weighted by Gasteiger charge is -2.12. The molecule has 3 aromatic heterocycles. The van der Waals surface area contributed by atoms with Crippen LogP contribution in [0, 0.1) is 5.82 Å². The summed E-state index contributed by atoms with van der Waals surface area (Å²) in [5.41, 5.74) is 10.8. The van der Waals surface area contributed by atoms with E-state index in [1.807, 2.05) is 54.3 Å². The van der Waals surface area contributed by atoms with Gasteiger partial charge in [-0.2, -0.15) is 4.98 Å². The lowest BCUT2D eigenvalue weighted by Crippen LogP contribution is -2.18. The normalized spacial score (nSPS) is 12.3. The van der Waals surface area contributed by atoms with E-state index in [0.717, 1.165) is 33.3 Å². The molecule has 1 unspecified atom stereocenters. The molecule has 1 atom stereocenters. The summed E-state index contributed by atoms with van der Waals surface area (Å²) in [6.45, 7) is 1.80. The molecule has 8 heteroatoms. The van der Waals surface area contributed by atoms with Crippen molar-refractivity contribution in [3.8, 4) is 11.1 Å². The molecule has 160 valence electrons. The zero-order valence-electron chi connectivity index (χ0n) is 17.6. The standard InChI is InChI=1S/C24H21FN6O/c1-14(15-3-6-18(25)7-4-15)23(32)27-20-13-30(2)21-8-5-16(11-19(20)21)17-9-10-31-22(12-17)28-24(26)29-31/h3-14H,1-2H3,(H2,26,29)(H,27,32). The maximum atomic E-state index is 13.2. The van der Waals surface area contributed by atoms with Crippen LogP contribution in [0.1, 0.15) is 18.4 Å². The third-order valence-corrected chi connectivity index (χ3v) is 5.70. The van der Waals surface area contributed by atoms with Crippen molar-refractivity contribution in [1.82, 2.24) is 19.2 Å². The molecule has 5 rings (SSSR count). The summed E-state index contributed by atoms with van der Waals surface area (Å²) < 4.78 is 16.8. The average Bonchev–Trinajstić information content (AvgIpc) is 3.31. The number of fused-ring (bicyclic) bond motifs is 2. The van der Waals surface area contributed by atoms with Crippen molar-refractivity contribution in [2.75, 3.05) is 11.1 Å². The molecule has 3 N–H and O–H groups in total. The first-order valence-electron chi connectivity index (χ1n) is 10.2. The molecule has 0 fully saturated rings. The Morgan fingerprint density at radius 2 is 1.84 bits per heavy atom. The van der Waals surface area contributed by atoms with E-state index in [1.54, 1.807) is 23.6 Å². The van der Waals surface area contributed by atoms with E-state index in [2.05, 4.69) is 15.4 Å². The van der Waals surface area contributed by atoms with E-state index >= 15 is 0 Å². The van der Waals surface area contributed by atoms with Gasteiger partial charge in [-0.1, -0.05) is 18.2 Å². The van der Waals surface area contributed by atoms with E-state index in [9.17, 15) is 9.18 Å². The van der Waals surface area contributed by atoms with Gasteiger partial charge in [0.05, 0.1) is 11.6 Å². The second kappa shape index (κ2) is 7.49. The Morgan fingerprint density at radius 3 is 2.62 bits per heavy atom. The molecule has 0 spiro atoms. The third-order valence-electron chi connectivity index (χ3n) is 5.70. The monoisotopic (exact) mass is 428 g/mol. The SMILES string of the molecule is CC(C(=O)Nc1cn(C)c2ccc(-c3ccn4nc(N)nc4c3)cc12)c1ccc(F)cc1. The van der Waals surface area contributed by atoms with Crippen LogP contribution >= 0.6 is 0 Å². The summed E-state index contributed by atoms with van der Waals surface area (Å²) in [5.74, 6) is -0.680. The molecule has 0 bridgehead atoms. The highest BCUT2D eigenvalue weighted by Gasteiger charge is 2.18. The Kier molecular flexibility index (Phi) is 4.62. The van der Waals surface area contributed by atoms with E-state index in [1.165, 1.54) is 12.1 Å². The van der Waals surface area contributed by atoms with Crippen LogP contribution < -0.4 is 11.1 Å². The number of hydrogen-bond acceptors (Lipinski definition) is 4. The van der Waals surface area contributed by atoms with Gasteiger partial charge in [-0.05, 0) is 60.0 Å². The zero-order chi connectivity index (χ0) is 22.4.